The van der Waals surface area contributed by atoms with E-state index in [4.69, 9.17) is 20.3 Å². The molecule has 290 valence electrons. The van der Waals surface area contributed by atoms with Gasteiger partial charge in [-0.15, -0.1) is 0 Å². The number of anilines is 2. The number of fused-ring (bicyclic) bond motifs is 6. The van der Waals surface area contributed by atoms with Crippen LogP contribution in [0.15, 0.2) is 47.0 Å². The second kappa shape index (κ2) is 16.8. The molecule has 0 unspecified atom stereocenters. The summed E-state index contributed by atoms with van der Waals surface area (Å²) >= 11 is 0. The molecule has 3 heterocycles. The fourth-order valence-electron chi connectivity index (χ4n) is 6.21. The Bertz CT molecular complexity index is 2060. The second-order valence-corrected chi connectivity index (χ2v) is 16.1. The first kappa shape index (κ1) is 40.0. The largest absolute Gasteiger partial charge is 0.493 e. The first-order valence-corrected chi connectivity index (χ1v) is 19.4. The Balaban J connectivity index is 1.38. The van der Waals surface area contributed by atoms with Gasteiger partial charge < -0.3 is 35.8 Å². The van der Waals surface area contributed by atoms with Gasteiger partial charge in [-0.2, -0.15) is 4.36 Å². The van der Waals surface area contributed by atoms with Crippen molar-refractivity contribution in [1.29, 1.82) is 0 Å². The van der Waals surface area contributed by atoms with Gasteiger partial charge in [-0.1, -0.05) is 13.8 Å². The number of amides is 3. The Labute approximate surface area is 311 Å². The highest BCUT2D eigenvalue weighted by atomic mass is 32.2. The van der Waals surface area contributed by atoms with Crippen LogP contribution in [0.2, 0.25) is 0 Å². The van der Waals surface area contributed by atoms with E-state index < -0.39 is 81.6 Å². The predicted molar refractivity (Wildman–Crippen MR) is 194 cm³/mol. The van der Waals surface area contributed by atoms with E-state index in [9.17, 15) is 27.8 Å². The number of hydrogen-bond donors (Lipinski definition) is 4. The normalized spacial score (nSPS) is 19.1. The highest BCUT2D eigenvalue weighted by Gasteiger charge is 2.38. The average Bonchev–Trinajstić information content (AvgIpc) is 3.57. The molecule has 54 heavy (non-hydrogen) atoms. The maximum absolute atomic E-state index is 15.0. The second-order valence-electron chi connectivity index (χ2n) is 13.7. The van der Waals surface area contributed by atoms with Crippen molar-refractivity contribution in [2.75, 3.05) is 24.7 Å². The summed E-state index contributed by atoms with van der Waals surface area (Å²) in [6.07, 6.45) is 2.40. The van der Waals surface area contributed by atoms with Gasteiger partial charge in [-0.05, 0) is 55.5 Å². The van der Waals surface area contributed by atoms with Crippen LogP contribution in [0.3, 0.4) is 0 Å². The maximum atomic E-state index is 15.0. The van der Waals surface area contributed by atoms with Crippen molar-refractivity contribution < 1.29 is 46.7 Å². The van der Waals surface area contributed by atoms with Gasteiger partial charge in [-0.3, -0.25) is 19.2 Å². The summed E-state index contributed by atoms with van der Waals surface area (Å²) in [5.74, 6) is -4.92. The molecule has 3 amide bonds. The molecular weight excluding hydrogens is 728 g/mol. The summed E-state index contributed by atoms with van der Waals surface area (Å²) in [5, 5.41) is 14.7. The Morgan fingerprint density at radius 1 is 1.17 bits per heavy atom. The van der Waals surface area contributed by atoms with Crippen LogP contribution < -0.4 is 25.8 Å². The number of carbonyl (C=O) groups is 4. The van der Waals surface area contributed by atoms with E-state index in [2.05, 4.69) is 25.0 Å². The summed E-state index contributed by atoms with van der Waals surface area (Å²) < 4.78 is 59.1. The third-order valence-electron chi connectivity index (χ3n) is 8.78. The van der Waals surface area contributed by atoms with Gasteiger partial charge in [-0.25, -0.2) is 23.0 Å². The SMILES string of the molecule is CC(C)[C@H](NC(=O)[C@@H]1CCCN1C(=O)[C@@H](N)CC(=O)O)C(=O)N=[S@](C)(=O)Cc1cc2cc(c1)O[C@H](C)CCOc1cc(F)ccc1-c1nc(ncc1F)N2. The van der Waals surface area contributed by atoms with Crippen LogP contribution in [0.5, 0.6) is 11.5 Å². The number of benzene rings is 2. The fraction of sp³-hybridized carbons (Fsp3) is 0.444. The molecule has 5 rings (SSSR count). The molecule has 1 aromatic heterocycles. The van der Waals surface area contributed by atoms with E-state index >= 15 is 4.39 Å². The number of aliphatic carboxylic acids is 1. The molecule has 5 N–H and O–H groups in total. The zero-order valence-electron chi connectivity index (χ0n) is 30.2. The lowest BCUT2D eigenvalue weighted by molar-refractivity contribution is -0.144. The Morgan fingerprint density at radius 3 is 2.65 bits per heavy atom. The van der Waals surface area contributed by atoms with Crippen LogP contribution >= 0.6 is 0 Å². The first-order valence-electron chi connectivity index (χ1n) is 17.3. The quantitative estimate of drug-likeness (QED) is 0.245. The molecule has 18 heteroatoms. The molecule has 0 saturated carbocycles. The van der Waals surface area contributed by atoms with Gasteiger partial charge >= 0.3 is 5.97 Å². The van der Waals surface area contributed by atoms with E-state index in [1.807, 2.05) is 0 Å². The van der Waals surface area contributed by atoms with Crippen molar-refractivity contribution in [1.82, 2.24) is 20.2 Å². The molecule has 5 atom stereocenters. The summed E-state index contributed by atoms with van der Waals surface area (Å²) in [6.45, 7) is 5.47. The van der Waals surface area contributed by atoms with Crippen LogP contribution in [0, 0.1) is 17.6 Å². The zero-order valence-corrected chi connectivity index (χ0v) is 31.0. The monoisotopic (exact) mass is 771 g/mol. The lowest BCUT2D eigenvalue weighted by Gasteiger charge is -2.28. The number of nitrogens with one attached hydrogen (secondary N) is 2. The number of ether oxygens (including phenoxy) is 2. The topological polar surface area (TPSA) is 215 Å². The number of hydrogen-bond acceptors (Lipinski definition) is 11. The van der Waals surface area contributed by atoms with Gasteiger partial charge in [0, 0.05) is 42.6 Å². The van der Waals surface area contributed by atoms with Crippen LogP contribution in [0.4, 0.5) is 20.4 Å². The van der Waals surface area contributed by atoms with E-state index in [1.54, 1.807) is 39.0 Å². The van der Waals surface area contributed by atoms with E-state index in [0.717, 1.165) is 12.3 Å². The number of carboxylic acids is 1. The van der Waals surface area contributed by atoms with Crippen LogP contribution in [-0.4, -0.2) is 91.5 Å². The average molecular weight is 772 g/mol. The van der Waals surface area contributed by atoms with Crippen molar-refractivity contribution >= 4 is 45.1 Å². The van der Waals surface area contributed by atoms with E-state index in [1.165, 1.54) is 23.3 Å². The van der Waals surface area contributed by atoms with Crippen molar-refractivity contribution in [3.63, 3.8) is 0 Å². The number of halogens is 2. The molecule has 2 aromatic carbocycles. The van der Waals surface area contributed by atoms with E-state index in [-0.39, 0.29) is 48.3 Å². The van der Waals surface area contributed by atoms with Gasteiger partial charge in [0.15, 0.2) is 5.82 Å². The molecule has 0 aliphatic carbocycles. The lowest BCUT2D eigenvalue weighted by atomic mass is 10.0. The summed E-state index contributed by atoms with van der Waals surface area (Å²) in [6, 6.07) is 5.15. The molecule has 4 bridgehead atoms. The zero-order chi connectivity index (χ0) is 39.3. The van der Waals surface area contributed by atoms with Crippen molar-refractivity contribution in [2.45, 2.75) is 76.4 Å². The number of rotatable bonds is 9. The molecule has 15 nitrogen and oxygen atoms in total. The third-order valence-corrected chi connectivity index (χ3v) is 10.2. The number of aromatic nitrogens is 2. The minimum Gasteiger partial charge on any atom is -0.493 e. The summed E-state index contributed by atoms with van der Waals surface area (Å²) in [4.78, 5) is 60.4. The minimum atomic E-state index is -3.28. The number of likely N-dealkylation sites (tertiary alicyclic amines) is 1. The van der Waals surface area contributed by atoms with Crippen molar-refractivity contribution in [3.8, 4) is 22.8 Å². The number of carboxylic acid groups (broad SMARTS) is 1. The number of nitrogens with two attached hydrogens (primary N) is 1. The van der Waals surface area contributed by atoms with Gasteiger partial charge in [0.25, 0.3) is 5.91 Å². The smallest absolute Gasteiger partial charge is 0.305 e. The predicted octanol–water partition coefficient (Wildman–Crippen LogP) is 3.77. The summed E-state index contributed by atoms with van der Waals surface area (Å²) in [7, 11) is -3.28. The molecular formula is C36H43F2N7O8S. The van der Waals surface area contributed by atoms with Crippen LogP contribution in [-0.2, 0) is 34.7 Å². The molecule has 0 spiro atoms. The Morgan fingerprint density at radius 2 is 1.93 bits per heavy atom. The number of nitrogens with zero attached hydrogens (tertiary/aromatic N) is 4. The van der Waals surface area contributed by atoms with Gasteiger partial charge in [0.2, 0.25) is 17.8 Å². The summed E-state index contributed by atoms with van der Waals surface area (Å²) in [5.41, 5.74) is 6.73. The molecule has 2 aliphatic heterocycles. The molecule has 1 fully saturated rings. The molecule has 0 radical (unpaired) electrons. The lowest BCUT2D eigenvalue weighted by Crippen LogP contribution is -2.55. The minimum absolute atomic E-state index is 0.00565. The van der Waals surface area contributed by atoms with Gasteiger partial charge in [0.1, 0.15) is 35.1 Å². The van der Waals surface area contributed by atoms with E-state index in [0.29, 0.717) is 29.8 Å². The Kier molecular flexibility index (Phi) is 12.5. The standard InChI is InChI=1S/C36H43F2N7O8S/c1-19(2)31(42-33(48)28-6-5-10-45(28)35(50)27(39)16-30(46)47)34(49)44-54(4,51)18-21-12-23-15-24(13-21)53-20(3)9-11-52-29-14-22(37)7-8-25(29)32-26(38)17-40-36(41-23)43-32/h7-8,12-15,17,19-20,27-28,31H,5-6,9-11,16,18,39H2,1-4H3,(H,42,48)(H,46,47)(H,40,41,43)/t20-,27+,28+,31+,54-/m1/s1. The van der Waals surface area contributed by atoms with Gasteiger partial charge in [0.05, 0.1) is 46.9 Å². The highest BCUT2D eigenvalue weighted by molar-refractivity contribution is 7.92. The van der Waals surface area contributed by atoms with Crippen molar-refractivity contribution in [3.05, 3.63) is 59.8 Å². The molecule has 1 saturated heterocycles. The molecule has 2 aliphatic rings. The van der Waals surface area contributed by atoms with Crippen LogP contribution in [0.25, 0.3) is 11.3 Å². The third kappa shape index (κ3) is 10.0. The highest BCUT2D eigenvalue weighted by Crippen LogP contribution is 2.33. The first-order chi connectivity index (χ1) is 25.5. The maximum Gasteiger partial charge on any atom is 0.305 e. The Hall–Kier alpha value is -5.23. The molecule has 3 aromatic rings. The fourth-order valence-corrected chi connectivity index (χ4v) is 7.55. The number of carbonyl (C=O) groups excluding carboxylic acids is 3. The van der Waals surface area contributed by atoms with Crippen molar-refractivity contribution in [2.24, 2.45) is 16.0 Å². The van der Waals surface area contributed by atoms with Crippen LogP contribution in [0.1, 0.15) is 52.0 Å².